The van der Waals surface area contributed by atoms with Crippen LogP contribution >= 0.6 is 11.6 Å². The van der Waals surface area contributed by atoms with Crippen molar-refractivity contribution in [1.82, 2.24) is 9.97 Å². The molecule has 0 bridgehead atoms. The van der Waals surface area contributed by atoms with Gasteiger partial charge < -0.3 is 4.90 Å². The third kappa shape index (κ3) is 2.40. The minimum atomic E-state index is 0.521. The third-order valence-electron chi connectivity index (χ3n) is 3.13. The average molecular weight is 226 g/mol. The van der Waals surface area contributed by atoms with Crippen LogP contribution in [0.5, 0.6) is 0 Å². The summed E-state index contributed by atoms with van der Waals surface area (Å²) >= 11 is 6.01. The van der Waals surface area contributed by atoms with Crippen molar-refractivity contribution in [3.05, 3.63) is 17.5 Å². The van der Waals surface area contributed by atoms with Gasteiger partial charge in [0.1, 0.15) is 0 Å². The molecule has 1 aliphatic rings. The summed E-state index contributed by atoms with van der Waals surface area (Å²) in [7, 11) is 0. The molecule has 0 N–H and O–H groups in total. The first-order chi connectivity index (χ1) is 7.31. The number of hydrogen-bond donors (Lipinski definition) is 0. The zero-order chi connectivity index (χ0) is 10.7. The van der Waals surface area contributed by atoms with Crippen LogP contribution in [0.1, 0.15) is 26.2 Å². The number of nitrogens with zero attached hydrogens (tertiary/aromatic N) is 3. The van der Waals surface area contributed by atoms with Gasteiger partial charge in [-0.25, -0.2) is 9.97 Å². The predicted octanol–water partition coefficient (Wildman–Crippen LogP) is 2.76. The topological polar surface area (TPSA) is 29.0 Å². The molecule has 82 valence electrons. The fourth-order valence-corrected chi connectivity index (χ4v) is 2.30. The van der Waals surface area contributed by atoms with Gasteiger partial charge in [-0.05, 0) is 18.8 Å². The van der Waals surface area contributed by atoms with Crippen LogP contribution in [0.25, 0.3) is 0 Å². The second-order valence-electron chi connectivity index (χ2n) is 4.01. The lowest BCUT2D eigenvalue weighted by Crippen LogP contribution is -2.34. The summed E-state index contributed by atoms with van der Waals surface area (Å²) in [6, 6.07) is 0. The molecule has 0 amide bonds. The molecule has 3 nitrogen and oxygen atoms in total. The van der Waals surface area contributed by atoms with Crippen molar-refractivity contribution in [1.29, 1.82) is 0 Å². The quantitative estimate of drug-likeness (QED) is 0.775. The summed E-state index contributed by atoms with van der Waals surface area (Å²) in [6.07, 6.45) is 7.09. The van der Waals surface area contributed by atoms with Crippen LogP contribution in [-0.2, 0) is 0 Å². The molecule has 1 fully saturated rings. The van der Waals surface area contributed by atoms with Crippen molar-refractivity contribution < 1.29 is 0 Å². The summed E-state index contributed by atoms with van der Waals surface area (Å²) in [4.78, 5) is 10.6. The highest BCUT2D eigenvalue weighted by molar-refractivity contribution is 6.31. The molecule has 2 rings (SSSR count). The Hall–Kier alpha value is -0.830. The maximum Gasteiger partial charge on any atom is 0.171 e. The molecule has 1 saturated heterocycles. The van der Waals surface area contributed by atoms with Crippen LogP contribution in [0.3, 0.4) is 0 Å². The summed E-state index contributed by atoms with van der Waals surface area (Å²) in [5.41, 5.74) is 0. The molecule has 0 radical (unpaired) electrons. The van der Waals surface area contributed by atoms with Gasteiger partial charge in [-0.2, -0.15) is 0 Å². The highest BCUT2D eigenvalue weighted by Gasteiger charge is 2.20. The standard InChI is InChI=1S/C11H16ClN3/c1-2-9-3-7-15(8-4-9)11-10(12)13-5-6-14-11/h5-6,9H,2-4,7-8H2,1H3. The highest BCUT2D eigenvalue weighted by atomic mass is 35.5. The van der Waals surface area contributed by atoms with E-state index in [1.807, 2.05) is 0 Å². The molecule has 15 heavy (non-hydrogen) atoms. The Morgan fingerprint density at radius 2 is 2.00 bits per heavy atom. The van der Waals surface area contributed by atoms with Crippen molar-refractivity contribution in [2.24, 2.45) is 5.92 Å². The van der Waals surface area contributed by atoms with E-state index < -0.39 is 0 Å². The molecular formula is C11H16ClN3. The van der Waals surface area contributed by atoms with E-state index in [1.54, 1.807) is 12.4 Å². The fourth-order valence-electron chi connectivity index (χ4n) is 2.08. The number of halogens is 1. The van der Waals surface area contributed by atoms with Gasteiger partial charge in [0.25, 0.3) is 0 Å². The maximum absolute atomic E-state index is 6.01. The van der Waals surface area contributed by atoms with Crippen LogP contribution < -0.4 is 4.90 Å². The Morgan fingerprint density at radius 1 is 1.33 bits per heavy atom. The van der Waals surface area contributed by atoms with Gasteiger partial charge in [-0.15, -0.1) is 0 Å². The van der Waals surface area contributed by atoms with Gasteiger partial charge in [-0.1, -0.05) is 24.9 Å². The molecule has 0 aromatic carbocycles. The minimum Gasteiger partial charge on any atom is -0.354 e. The number of rotatable bonds is 2. The Kier molecular flexibility index (Phi) is 3.41. The second-order valence-corrected chi connectivity index (χ2v) is 4.37. The molecule has 1 aliphatic heterocycles. The van der Waals surface area contributed by atoms with Crippen LogP contribution in [0.4, 0.5) is 5.82 Å². The van der Waals surface area contributed by atoms with Gasteiger partial charge in [-0.3, -0.25) is 0 Å². The first kappa shape index (κ1) is 10.7. The van der Waals surface area contributed by atoms with Crippen LogP contribution in [0.2, 0.25) is 5.15 Å². The first-order valence-corrected chi connectivity index (χ1v) is 5.90. The number of aromatic nitrogens is 2. The molecule has 0 atom stereocenters. The van der Waals surface area contributed by atoms with Gasteiger partial charge in [0.15, 0.2) is 11.0 Å². The van der Waals surface area contributed by atoms with E-state index in [1.165, 1.54) is 19.3 Å². The van der Waals surface area contributed by atoms with Crippen molar-refractivity contribution in [3.8, 4) is 0 Å². The van der Waals surface area contributed by atoms with E-state index in [0.717, 1.165) is 24.8 Å². The van der Waals surface area contributed by atoms with Crippen LogP contribution in [0.15, 0.2) is 12.4 Å². The predicted molar refractivity (Wildman–Crippen MR) is 62.3 cm³/mol. The SMILES string of the molecule is CCC1CCN(c2nccnc2Cl)CC1. The van der Waals surface area contributed by atoms with Gasteiger partial charge in [0.2, 0.25) is 0 Å². The maximum atomic E-state index is 6.01. The van der Waals surface area contributed by atoms with E-state index in [0.29, 0.717) is 5.15 Å². The summed E-state index contributed by atoms with van der Waals surface area (Å²) in [5, 5.41) is 0.521. The average Bonchev–Trinajstić information content (AvgIpc) is 2.30. The summed E-state index contributed by atoms with van der Waals surface area (Å²) in [6.45, 7) is 4.36. The monoisotopic (exact) mass is 225 g/mol. The molecule has 2 heterocycles. The van der Waals surface area contributed by atoms with Crippen molar-refractivity contribution in [3.63, 3.8) is 0 Å². The highest BCUT2D eigenvalue weighted by Crippen LogP contribution is 2.26. The molecule has 1 aromatic heterocycles. The van der Waals surface area contributed by atoms with E-state index >= 15 is 0 Å². The van der Waals surface area contributed by atoms with E-state index in [4.69, 9.17) is 11.6 Å². The smallest absolute Gasteiger partial charge is 0.171 e. The van der Waals surface area contributed by atoms with Gasteiger partial charge in [0, 0.05) is 25.5 Å². The second kappa shape index (κ2) is 4.79. The van der Waals surface area contributed by atoms with Gasteiger partial charge >= 0.3 is 0 Å². The third-order valence-corrected chi connectivity index (χ3v) is 3.39. The van der Waals surface area contributed by atoms with Crippen LogP contribution in [-0.4, -0.2) is 23.1 Å². The number of piperidine rings is 1. The molecule has 1 aromatic rings. The Labute approximate surface area is 95.5 Å². The molecule has 0 unspecified atom stereocenters. The zero-order valence-electron chi connectivity index (χ0n) is 8.99. The Bertz CT molecular complexity index is 321. The molecule has 4 heteroatoms. The largest absolute Gasteiger partial charge is 0.354 e. The molecular weight excluding hydrogens is 210 g/mol. The summed E-state index contributed by atoms with van der Waals surface area (Å²) in [5.74, 6) is 1.71. The first-order valence-electron chi connectivity index (χ1n) is 5.52. The molecule has 0 aliphatic carbocycles. The fraction of sp³-hybridized carbons (Fsp3) is 0.636. The Balaban J connectivity index is 2.04. The van der Waals surface area contributed by atoms with Crippen molar-refractivity contribution in [2.45, 2.75) is 26.2 Å². The molecule has 0 saturated carbocycles. The van der Waals surface area contributed by atoms with E-state index in [2.05, 4.69) is 21.8 Å². The normalized spacial score (nSPS) is 18.1. The summed E-state index contributed by atoms with van der Waals surface area (Å²) < 4.78 is 0. The van der Waals surface area contributed by atoms with Crippen molar-refractivity contribution >= 4 is 17.4 Å². The van der Waals surface area contributed by atoms with Crippen molar-refractivity contribution in [2.75, 3.05) is 18.0 Å². The number of anilines is 1. The van der Waals surface area contributed by atoms with Gasteiger partial charge in [0.05, 0.1) is 0 Å². The Morgan fingerprint density at radius 3 is 2.60 bits per heavy atom. The zero-order valence-corrected chi connectivity index (χ0v) is 9.74. The number of hydrogen-bond acceptors (Lipinski definition) is 3. The molecule has 0 spiro atoms. The lowest BCUT2D eigenvalue weighted by Gasteiger charge is -2.32. The van der Waals surface area contributed by atoms with E-state index in [9.17, 15) is 0 Å². The van der Waals surface area contributed by atoms with E-state index in [-0.39, 0.29) is 0 Å². The van der Waals surface area contributed by atoms with Crippen LogP contribution in [0, 0.1) is 5.92 Å². The minimum absolute atomic E-state index is 0.521. The lowest BCUT2D eigenvalue weighted by molar-refractivity contribution is 0.393. The lowest BCUT2D eigenvalue weighted by atomic mass is 9.94.